The van der Waals surface area contributed by atoms with Gasteiger partial charge >= 0.3 is 0 Å². The first kappa shape index (κ1) is 26.1. The summed E-state index contributed by atoms with van der Waals surface area (Å²) in [6.07, 6.45) is 0. The molecule has 0 spiro atoms. The lowest BCUT2D eigenvalue weighted by Gasteiger charge is -2.22. The molecule has 0 heterocycles. The van der Waals surface area contributed by atoms with Crippen LogP contribution in [0.4, 0.5) is 43.9 Å². The standard InChI is InChI=1S/C32H10F10/c33-23-21(24(34)28(38)31(41)27(23)37)16-10-12-6-3-8-14-13-7-1-4-11-5-2-9-15(17(11)13)19(18(12)14)20(16)22-25(35)29(39)32(42)30(40)26(22)36/h1-10H. The molecule has 7 rings (SSSR count). The Balaban J connectivity index is 1.87. The molecular weight excluding hydrogens is 574 g/mol. The highest BCUT2D eigenvalue weighted by atomic mass is 19.2. The molecule has 42 heavy (non-hydrogen) atoms. The summed E-state index contributed by atoms with van der Waals surface area (Å²) in [6, 6.07) is 15.4. The minimum Gasteiger partial charge on any atom is -0.203 e. The number of rotatable bonds is 2. The van der Waals surface area contributed by atoms with E-state index in [2.05, 4.69) is 0 Å². The second kappa shape index (κ2) is 8.82. The van der Waals surface area contributed by atoms with Crippen LogP contribution in [0.3, 0.4) is 0 Å². The van der Waals surface area contributed by atoms with E-state index >= 15 is 17.6 Å². The van der Waals surface area contributed by atoms with E-state index in [4.69, 9.17) is 0 Å². The van der Waals surface area contributed by atoms with Gasteiger partial charge in [-0.25, -0.2) is 43.9 Å². The maximum absolute atomic E-state index is 15.5. The van der Waals surface area contributed by atoms with Gasteiger partial charge in [-0.1, -0.05) is 54.6 Å². The van der Waals surface area contributed by atoms with Gasteiger partial charge in [0.1, 0.15) is 0 Å². The van der Waals surface area contributed by atoms with E-state index in [0.717, 1.165) is 6.07 Å². The summed E-state index contributed by atoms with van der Waals surface area (Å²) in [5, 5.41) is 2.45. The van der Waals surface area contributed by atoms with Gasteiger partial charge in [0.2, 0.25) is 11.6 Å². The SMILES string of the molecule is Fc1c(F)c(F)c(-c2cc3cccc4c5cccc6cccc(c(c2-c2c(F)c(F)c(F)c(F)c2F)c34)c65)c(F)c1F. The van der Waals surface area contributed by atoms with Gasteiger partial charge in [0.25, 0.3) is 0 Å². The minimum absolute atomic E-state index is 0.139. The molecule has 0 saturated carbocycles. The maximum Gasteiger partial charge on any atom is 0.200 e. The van der Waals surface area contributed by atoms with Gasteiger partial charge in [-0.3, -0.25) is 0 Å². The summed E-state index contributed by atoms with van der Waals surface area (Å²) in [5.41, 5.74) is -5.09. The zero-order chi connectivity index (χ0) is 29.8. The van der Waals surface area contributed by atoms with E-state index < -0.39 is 80.4 Å². The van der Waals surface area contributed by atoms with Gasteiger partial charge in [0, 0.05) is 5.56 Å². The van der Waals surface area contributed by atoms with Crippen molar-refractivity contribution in [3.8, 4) is 22.3 Å². The first-order valence-electron chi connectivity index (χ1n) is 12.2. The molecule has 0 fully saturated rings. The highest BCUT2D eigenvalue weighted by molar-refractivity contribution is 6.36. The Kier molecular flexibility index (Phi) is 5.47. The van der Waals surface area contributed by atoms with Crippen molar-refractivity contribution in [2.45, 2.75) is 0 Å². The monoisotopic (exact) mass is 584 g/mol. The molecule has 0 aliphatic carbocycles. The van der Waals surface area contributed by atoms with Gasteiger partial charge in [-0.15, -0.1) is 0 Å². The Morgan fingerprint density at radius 3 is 1.24 bits per heavy atom. The van der Waals surface area contributed by atoms with Crippen molar-refractivity contribution in [1.29, 1.82) is 0 Å². The topological polar surface area (TPSA) is 0 Å². The predicted octanol–water partition coefficient (Wildman–Crippen LogP) is 10.5. The van der Waals surface area contributed by atoms with Crippen LogP contribution in [-0.4, -0.2) is 0 Å². The maximum atomic E-state index is 15.5. The second-order valence-corrected chi connectivity index (χ2v) is 9.68. The third-order valence-electron chi connectivity index (χ3n) is 7.57. The summed E-state index contributed by atoms with van der Waals surface area (Å²) in [5.74, 6) is -23.8. The summed E-state index contributed by atoms with van der Waals surface area (Å²) in [7, 11) is 0. The van der Waals surface area contributed by atoms with Crippen molar-refractivity contribution in [2.75, 3.05) is 0 Å². The van der Waals surface area contributed by atoms with Crippen LogP contribution in [0.2, 0.25) is 0 Å². The zero-order valence-corrected chi connectivity index (χ0v) is 20.6. The quantitative estimate of drug-likeness (QED) is 0.0624. The van der Waals surface area contributed by atoms with Crippen molar-refractivity contribution in [2.24, 2.45) is 0 Å². The number of hydrogen-bond donors (Lipinski definition) is 0. The molecule has 0 saturated heterocycles. The van der Waals surface area contributed by atoms with E-state index in [1.54, 1.807) is 30.3 Å². The molecule has 0 nitrogen and oxygen atoms in total. The molecule has 0 atom stereocenters. The minimum atomic E-state index is -2.49. The van der Waals surface area contributed by atoms with E-state index in [9.17, 15) is 26.3 Å². The first-order valence-corrected chi connectivity index (χ1v) is 12.2. The average molecular weight is 584 g/mol. The Morgan fingerprint density at radius 2 is 0.714 bits per heavy atom. The van der Waals surface area contributed by atoms with Gasteiger partial charge in [-0.2, -0.15) is 0 Å². The Morgan fingerprint density at radius 1 is 0.310 bits per heavy atom. The van der Waals surface area contributed by atoms with Crippen LogP contribution < -0.4 is 0 Å². The van der Waals surface area contributed by atoms with Crippen LogP contribution in [0.1, 0.15) is 0 Å². The molecule has 7 aromatic carbocycles. The lowest BCUT2D eigenvalue weighted by atomic mass is 9.82. The molecule has 0 unspecified atom stereocenters. The first-order chi connectivity index (χ1) is 20.0. The Bertz CT molecular complexity index is 2240. The van der Waals surface area contributed by atoms with Crippen molar-refractivity contribution in [3.05, 3.63) is 119 Å². The number of fused-ring (bicyclic) bond motifs is 2. The zero-order valence-electron chi connectivity index (χ0n) is 20.6. The van der Waals surface area contributed by atoms with E-state index in [0.29, 0.717) is 21.5 Å². The molecule has 0 N–H and O–H groups in total. The summed E-state index contributed by atoms with van der Waals surface area (Å²) >= 11 is 0. The van der Waals surface area contributed by atoms with Gasteiger partial charge in [-0.05, 0) is 54.7 Å². The molecule has 0 aliphatic heterocycles. The highest BCUT2D eigenvalue weighted by Crippen LogP contribution is 2.50. The van der Waals surface area contributed by atoms with Crippen LogP contribution in [0, 0.1) is 58.2 Å². The molecule has 0 aliphatic rings. The summed E-state index contributed by atoms with van der Waals surface area (Å²) < 4.78 is 148. The van der Waals surface area contributed by atoms with Crippen LogP contribution in [0.5, 0.6) is 0 Å². The molecule has 0 bridgehead atoms. The fourth-order valence-corrected chi connectivity index (χ4v) is 5.85. The van der Waals surface area contributed by atoms with Crippen LogP contribution in [0.25, 0.3) is 65.3 Å². The third-order valence-corrected chi connectivity index (χ3v) is 7.57. The highest BCUT2D eigenvalue weighted by Gasteiger charge is 2.34. The lowest BCUT2D eigenvalue weighted by molar-refractivity contribution is 0.380. The second-order valence-electron chi connectivity index (χ2n) is 9.68. The van der Waals surface area contributed by atoms with Crippen LogP contribution in [0.15, 0.2) is 60.7 Å². The van der Waals surface area contributed by atoms with Gasteiger partial charge in [0.15, 0.2) is 46.5 Å². The largest absolute Gasteiger partial charge is 0.203 e. The van der Waals surface area contributed by atoms with Crippen molar-refractivity contribution >= 4 is 43.1 Å². The predicted molar refractivity (Wildman–Crippen MR) is 138 cm³/mol. The van der Waals surface area contributed by atoms with E-state index in [-0.39, 0.29) is 21.5 Å². The average Bonchev–Trinajstić information content (AvgIpc) is 3.00. The van der Waals surface area contributed by atoms with Crippen molar-refractivity contribution < 1.29 is 43.9 Å². The molecule has 0 amide bonds. The Hall–Kier alpha value is -4.86. The normalized spacial score (nSPS) is 12.0. The molecule has 208 valence electrons. The van der Waals surface area contributed by atoms with Gasteiger partial charge < -0.3 is 0 Å². The number of halogens is 10. The fraction of sp³-hybridized carbons (Fsp3) is 0. The molecule has 10 heteroatoms. The summed E-state index contributed by atoms with van der Waals surface area (Å²) in [4.78, 5) is 0. The number of benzene rings is 7. The van der Waals surface area contributed by atoms with E-state index in [1.807, 2.05) is 0 Å². The third kappa shape index (κ3) is 3.20. The van der Waals surface area contributed by atoms with Crippen molar-refractivity contribution in [1.82, 2.24) is 0 Å². The van der Waals surface area contributed by atoms with Crippen LogP contribution in [-0.2, 0) is 0 Å². The van der Waals surface area contributed by atoms with Gasteiger partial charge in [0.05, 0.1) is 11.1 Å². The number of hydrogen-bond acceptors (Lipinski definition) is 0. The van der Waals surface area contributed by atoms with E-state index in [1.165, 1.54) is 24.3 Å². The fourth-order valence-electron chi connectivity index (χ4n) is 5.85. The lowest BCUT2D eigenvalue weighted by Crippen LogP contribution is -2.08. The van der Waals surface area contributed by atoms with Crippen molar-refractivity contribution in [3.63, 3.8) is 0 Å². The molecule has 7 aromatic rings. The summed E-state index contributed by atoms with van der Waals surface area (Å²) in [6.45, 7) is 0. The van der Waals surface area contributed by atoms with Crippen LogP contribution >= 0.6 is 0 Å². The molecular formula is C32H10F10. The molecule has 0 aromatic heterocycles. The molecule has 0 radical (unpaired) electrons. The Labute approximate surface area is 228 Å². The smallest absolute Gasteiger partial charge is 0.200 e.